The van der Waals surface area contributed by atoms with Gasteiger partial charge < -0.3 is 9.47 Å². The van der Waals surface area contributed by atoms with Crippen LogP contribution in [0.15, 0.2) is 71.8 Å². The summed E-state index contributed by atoms with van der Waals surface area (Å²) < 4.78 is 11.5. The SMILES string of the molecule is COc1ccc(C2=NN3[C@H](C2)c2cc(Cl)ccc2O[C@@H]3c2ccc([N+](=O)[O-])cc2)cc1. The lowest BCUT2D eigenvalue weighted by molar-refractivity contribution is -0.384. The van der Waals surface area contributed by atoms with Gasteiger partial charge in [0, 0.05) is 34.7 Å². The number of nitrogens with zero attached hydrogens (tertiary/aromatic N) is 3. The van der Waals surface area contributed by atoms with Gasteiger partial charge in [0.25, 0.3) is 5.69 Å². The molecule has 5 rings (SSSR count). The zero-order valence-electron chi connectivity index (χ0n) is 16.6. The molecule has 0 aromatic heterocycles. The first-order valence-electron chi connectivity index (χ1n) is 9.74. The van der Waals surface area contributed by atoms with Crippen LogP contribution >= 0.6 is 11.6 Å². The molecule has 0 radical (unpaired) electrons. The van der Waals surface area contributed by atoms with Crippen molar-refractivity contribution < 1.29 is 14.4 Å². The molecule has 0 unspecified atom stereocenters. The molecule has 2 aliphatic heterocycles. The van der Waals surface area contributed by atoms with Gasteiger partial charge in [-0.25, -0.2) is 5.01 Å². The molecule has 2 atom stereocenters. The average molecular weight is 436 g/mol. The van der Waals surface area contributed by atoms with Crippen molar-refractivity contribution in [2.45, 2.75) is 18.7 Å². The lowest BCUT2D eigenvalue weighted by atomic mass is 9.96. The van der Waals surface area contributed by atoms with E-state index < -0.39 is 11.2 Å². The molecule has 0 N–H and O–H groups in total. The number of benzene rings is 3. The molecule has 2 aliphatic rings. The summed E-state index contributed by atoms with van der Waals surface area (Å²) in [5.74, 6) is 1.52. The zero-order valence-corrected chi connectivity index (χ0v) is 17.3. The number of hydrogen-bond acceptors (Lipinski definition) is 6. The van der Waals surface area contributed by atoms with Crippen LogP contribution in [-0.2, 0) is 0 Å². The fraction of sp³-hybridized carbons (Fsp3) is 0.174. The van der Waals surface area contributed by atoms with Crippen LogP contribution in [0.4, 0.5) is 5.69 Å². The first kappa shape index (κ1) is 19.4. The second-order valence-electron chi connectivity index (χ2n) is 7.38. The van der Waals surface area contributed by atoms with E-state index in [4.69, 9.17) is 26.2 Å². The number of halogens is 1. The number of hydrogen-bond donors (Lipinski definition) is 0. The van der Waals surface area contributed by atoms with Gasteiger partial charge >= 0.3 is 0 Å². The van der Waals surface area contributed by atoms with Crippen LogP contribution in [0, 0.1) is 10.1 Å². The maximum Gasteiger partial charge on any atom is 0.269 e. The van der Waals surface area contributed by atoms with Crippen LogP contribution in [-0.4, -0.2) is 22.8 Å². The molecule has 0 bridgehead atoms. The van der Waals surface area contributed by atoms with E-state index in [2.05, 4.69) is 0 Å². The van der Waals surface area contributed by atoms with E-state index in [1.807, 2.05) is 41.4 Å². The second kappa shape index (κ2) is 7.59. The predicted molar refractivity (Wildman–Crippen MR) is 117 cm³/mol. The van der Waals surface area contributed by atoms with Gasteiger partial charge in [-0.1, -0.05) is 11.6 Å². The van der Waals surface area contributed by atoms with Gasteiger partial charge in [0.05, 0.1) is 23.8 Å². The normalized spacial score (nSPS) is 19.2. The minimum Gasteiger partial charge on any atom is -0.497 e. The van der Waals surface area contributed by atoms with Crippen LogP contribution in [0.2, 0.25) is 5.02 Å². The third kappa shape index (κ3) is 3.47. The number of non-ortho nitro benzene ring substituents is 1. The van der Waals surface area contributed by atoms with Crippen molar-refractivity contribution in [3.63, 3.8) is 0 Å². The fourth-order valence-corrected chi connectivity index (χ4v) is 4.18. The highest BCUT2D eigenvalue weighted by Gasteiger charge is 2.41. The summed E-state index contributed by atoms with van der Waals surface area (Å²) in [5.41, 5.74) is 3.72. The number of nitro groups is 1. The van der Waals surface area contributed by atoms with Crippen molar-refractivity contribution >= 4 is 23.0 Å². The Hall–Kier alpha value is -3.58. The van der Waals surface area contributed by atoms with Gasteiger partial charge in [0.1, 0.15) is 11.5 Å². The van der Waals surface area contributed by atoms with Crippen LogP contribution in [0.25, 0.3) is 0 Å². The first-order chi connectivity index (χ1) is 15.0. The zero-order chi connectivity index (χ0) is 21.5. The molecular formula is C23H18ClN3O4. The van der Waals surface area contributed by atoms with Crippen LogP contribution in [0.1, 0.15) is 35.4 Å². The maximum atomic E-state index is 11.0. The highest BCUT2D eigenvalue weighted by Crippen LogP contribution is 2.48. The Labute approximate surface area is 183 Å². The Morgan fingerprint density at radius 3 is 2.55 bits per heavy atom. The van der Waals surface area contributed by atoms with Gasteiger partial charge in [-0.15, -0.1) is 0 Å². The summed E-state index contributed by atoms with van der Waals surface area (Å²) >= 11 is 6.27. The largest absolute Gasteiger partial charge is 0.497 e. The molecule has 0 aliphatic carbocycles. The monoisotopic (exact) mass is 435 g/mol. The van der Waals surface area contributed by atoms with E-state index in [1.54, 1.807) is 25.3 Å². The standard InChI is InChI=1S/C23H18ClN3O4/c1-30-18-9-4-14(5-10-18)20-13-21-19-12-16(24)6-11-22(19)31-23(26(21)25-20)15-2-7-17(8-3-15)27(28)29/h2-12,21,23H,13H2,1H3/t21-,23-/m1/s1. The summed E-state index contributed by atoms with van der Waals surface area (Å²) in [6.07, 6.45) is 0.183. The van der Waals surface area contributed by atoms with E-state index in [-0.39, 0.29) is 11.7 Å². The lowest BCUT2D eigenvalue weighted by Crippen LogP contribution is -2.33. The summed E-state index contributed by atoms with van der Waals surface area (Å²) in [4.78, 5) is 10.6. The van der Waals surface area contributed by atoms with Gasteiger partial charge in [-0.2, -0.15) is 5.10 Å². The summed E-state index contributed by atoms with van der Waals surface area (Å²) in [6, 6.07) is 19.7. The predicted octanol–water partition coefficient (Wildman–Crippen LogP) is 5.50. The minimum absolute atomic E-state index is 0.0344. The molecule has 156 valence electrons. The number of nitro benzene ring substituents is 1. The van der Waals surface area contributed by atoms with Crippen molar-refractivity contribution in [3.05, 3.63) is 98.6 Å². The Balaban J connectivity index is 1.55. The molecule has 3 aromatic rings. The maximum absolute atomic E-state index is 11.0. The molecule has 7 nitrogen and oxygen atoms in total. The first-order valence-corrected chi connectivity index (χ1v) is 10.1. The summed E-state index contributed by atoms with van der Waals surface area (Å²) in [5, 5.41) is 18.5. The Morgan fingerprint density at radius 1 is 1.13 bits per heavy atom. The average Bonchev–Trinajstić information content (AvgIpc) is 3.24. The molecule has 0 spiro atoms. The van der Waals surface area contributed by atoms with Gasteiger partial charge in [0.15, 0.2) is 0 Å². The molecule has 0 amide bonds. The number of rotatable bonds is 4. The highest BCUT2D eigenvalue weighted by molar-refractivity contribution is 6.30. The van der Waals surface area contributed by atoms with Gasteiger partial charge in [-0.05, 0) is 60.2 Å². The second-order valence-corrected chi connectivity index (χ2v) is 7.81. The Morgan fingerprint density at radius 2 is 1.87 bits per heavy atom. The third-order valence-electron chi connectivity index (χ3n) is 5.56. The third-order valence-corrected chi connectivity index (χ3v) is 5.80. The van der Waals surface area contributed by atoms with E-state index in [1.165, 1.54) is 12.1 Å². The summed E-state index contributed by atoms with van der Waals surface area (Å²) in [7, 11) is 1.63. The molecule has 2 heterocycles. The lowest BCUT2D eigenvalue weighted by Gasteiger charge is -2.38. The topological polar surface area (TPSA) is 77.2 Å². The number of fused-ring (bicyclic) bond motifs is 3. The summed E-state index contributed by atoms with van der Waals surface area (Å²) in [6.45, 7) is 0. The number of hydrazone groups is 1. The van der Waals surface area contributed by atoms with Crippen LogP contribution in [0.5, 0.6) is 11.5 Å². The molecule has 3 aromatic carbocycles. The molecule has 0 saturated heterocycles. The van der Waals surface area contributed by atoms with Gasteiger partial charge in [-0.3, -0.25) is 10.1 Å². The fourth-order valence-electron chi connectivity index (χ4n) is 4.00. The van der Waals surface area contributed by atoms with Crippen molar-refractivity contribution in [1.82, 2.24) is 5.01 Å². The molecule has 0 saturated carbocycles. The smallest absolute Gasteiger partial charge is 0.269 e. The quantitative estimate of drug-likeness (QED) is 0.399. The number of ether oxygens (including phenoxy) is 2. The molecular weight excluding hydrogens is 418 g/mol. The van der Waals surface area contributed by atoms with E-state index in [0.717, 1.165) is 33.9 Å². The molecule has 31 heavy (non-hydrogen) atoms. The number of methoxy groups -OCH3 is 1. The van der Waals surface area contributed by atoms with E-state index in [0.29, 0.717) is 11.4 Å². The van der Waals surface area contributed by atoms with E-state index >= 15 is 0 Å². The van der Waals surface area contributed by atoms with Crippen LogP contribution < -0.4 is 9.47 Å². The van der Waals surface area contributed by atoms with E-state index in [9.17, 15) is 10.1 Å². The van der Waals surface area contributed by atoms with Crippen molar-refractivity contribution in [1.29, 1.82) is 0 Å². The Kier molecular flexibility index (Phi) is 4.75. The van der Waals surface area contributed by atoms with Crippen LogP contribution in [0.3, 0.4) is 0 Å². The van der Waals surface area contributed by atoms with Crippen molar-refractivity contribution in [3.8, 4) is 11.5 Å². The highest BCUT2D eigenvalue weighted by atomic mass is 35.5. The van der Waals surface area contributed by atoms with Gasteiger partial charge in [0.2, 0.25) is 6.23 Å². The Bertz CT molecular complexity index is 1180. The minimum atomic E-state index is -0.504. The van der Waals surface area contributed by atoms with Crippen molar-refractivity contribution in [2.75, 3.05) is 7.11 Å². The molecule has 0 fully saturated rings. The molecule has 8 heteroatoms. The van der Waals surface area contributed by atoms with Crippen molar-refractivity contribution in [2.24, 2.45) is 5.10 Å².